The number of nitrogens with zero attached hydrogens (tertiary/aromatic N) is 1. The van der Waals surface area contributed by atoms with Gasteiger partial charge in [0, 0.05) is 55.8 Å². The third-order valence-corrected chi connectivity index (χ3v) is 8.58. The Bertz CT molecular complexity index is 909. The number of alkyl halides is 3. The molecule has 0 spiro atoms. The molecule has 6 atom stereocenters. The number of ether oxygens (including phenoxy) is 2. The Kier molecular flexibility index (Phi) is 6.63. The number of methoxy groups -OCH3 is 1. The normalized spacial score (nSPS) is 35.5. The maximum atomic E-state index is 13.9. The molecule has 9 heteroatoms. The first-order valence-electron chi connectivity index (χ1n) is 12.5. The first kappa shape index (κ1) is 24.0. The van der Waals surface area contributed by atoms with Crippen LogP contribution in [0, 0.1) is 23.2 Å². The smallest absolute Gasteiger partial charge is 0.384 e. The van der Waals surface area contributed by atoms with Crippen LogP contribution < -0.4 is 10.6 Å². The number of pyridine rings is 1. The summed E-state index contributed by atoms with van der Waals surface area (Å²) in [5.41, 5.74) is -0.633. The van der Waals surface area contributed by atoms with E-state index in [1.807, 2.05) is 0 Å². The molecule has 2 aliphatic carbocycles. The van der Waals surface area contributed by atoms with Gasteiger partial charge in [-0.2, -0.15) is 13.2 Å². The van der Waals surface area contributed by atoms with Crippen LogP contribution in [0.2, 0.25) is 0 Å². The molecule has 1 aromatic heterocycles. The van der Waals surface area contributed by atoms with E-state index >= 15 is 0 Å². The van der Waals surface area contributed by atoms with Crippen LogP contribution in [0.15, 0.2) is 12.3 Å². The van der Waals surface area contributed by atoms with Crippen molar-refractivity contribution in [2.75, 3.05) is 38.8 Å². The van der Waals surface area contributed by atoms with Gasteiger partial charge >= 0.3 is 6.18 Å². The van der Waals surface area contributed by atoms with Crippen molar-refractivity contribution in [3.8, 4) is 0 Å². The third-order valence-electron chi connectivity index (χ3n) is 8.58. The van der Waals surface area contributed by atoms with Gasteiger partial charge in [-0.3, -0.25) is 4.79 Å². The lowest BCUT2D eigenvalue weighted by molar-refractivity contribution is -0.137. The van der Waals surface area contributed by atoms with E-state index < -0.39 is 11.7 Å². The summed E-state index contributed by atoms with van der Waals surface area (Å²) in [6, 6.07) is 1.75. The van der Waals surface area contributed by atoms with Crippen molar-refractivity contribution in [3.05, 3.63) is 23.4 Å². The second-order valence-electron chi connectivity index (χ2n) is 10.6. The molecular formula is C25H34F3N3O3. The van der Waals surface area contributed by atoms with E-state index in [1.54, 1.807) is 7.11 Å². The molecule has 6 nitrogen and oxygen atoms in total. The predicted molar refractivity (Wildman–Crippen MR) is 120 cm³/mol. The highest BCUT2D eigenvalue weighted by Crippen LogP contribution is 2.56. The van der Waals surface area contributed by atoms with E-state index in [4.69, 9.17) is 9.47 Å². The summed E-state index contributed by atoms with van der Waals surface area (Å²) >= 11 is 0. The van der Waals surface area contributed by atoms with Crippen molar-refractivity contribution < 1.29 is 27.4 Å². The molecule has 0 bridgehead atoms. The van der Waals surface area contributed by atoms with Crippen LogP contribution in [0.5, 0.6) is 0 Å². The Morgan fingerprint density at radius 1 is 1.38 bits per heavy atom. The first-order chi connectivity index (χ1) is 16.3. The fourth-order valence-electron chi connectivity index (χ4n) is 7.00. The molecule has 3 heterocycles. The molecule has 3 fully saturated rings. The van der Waals surface area contributed by atoms with Gasteiger partial charge in [0.1, 0.15) is 11.6 Å². The minimum atomic E-state index is -4.44. The summed E-state index contributed by atoms with van der Waals surface area (Å²) in [6.45, 7) is 2.51. The highest BCUT2D eigenvalue weighted by atomic mass is 19.4. The van der Waals surface area contributed by atoms with Gasteiger partial charge in [-0.25, -0.2) is 4.98 Å². The fourth-order valence-corrected chi connectivity index (χ4v) is 7.00. The zero-order chi connectivity index (χ0) is 23.9. The van der Waals surface area contributed by atoms with Crippen molar-refractivity contribution in [3.63, 3.8) is 0 Å². The molecule has 1 aromatic rings. The van der Waals surface area contributed by atoms with E-state index in [9.17, 15) is 18.0 Å². The number of fused-ring (bicyclic) bond motifs is 2. The molecule has 2 saturated carbocycles. The maximum Gasteiger partial charge on any atom is 0.417 e. The Labute approximate surface area is 198 Å². The van der Waals surface area contributed by atoms with Crippen molar-refractivity contribution in [2.24, 2.45) is 23.2 Å². The molecule has 2 N–H and O–H groups in total. The molecule has 5 rings (SSSR count). The number of aromatic nitrogens is 1. The second-order valence-corrected chi connectivity index (χ2v) is 10.6. The van der Waals surface area contributed by atoms with Crippen molar-refractivity contribution in [1.29, 1.82) is 0 Å². The number of carbonyl (C=O) groups is 1. The van der Waals surface area contributed by atoms with Crippen LogP contribution >= 0.6 is 0 Å². The zero-order valence-corrected chi connectivity index (χ0v) is 19.6. The Balaban J connectivity index is 1.30. The van der Waals surface area contributed by atoms with Crippen LogP contribution in [0.3, 0.4) is 0 Å². The fraction of sp³-hybridized carbons (Fsp3) is 0.760. The monoisotopic (exact) mass is 481 g/mol. The maximum absolute atomic E-state index is 13.9. The van der Waals surface area contributed by atoms with Gasteiger partial charge in [0.05, 0.1) is 18.8 Å². The third kappa shape index (κ3) is 4.46. The van der Waals surface area contributed by atoms with E-state index in [0.717, 1.165) is 57.4 Å². The number of hydrogen-bond donors (Lipinski definition) is 2. The van der Waals surface area contributed by atoms with Gasteiger partial charge in [0.2, 0.25) is 0 Å². The van der Waals surface area contributed by atoms with Gasteiger partial charge in [-0.1, -0.05) is 6.42 Å². The zero-order valence-electron chi connectivity index (χ0n) is 19.6. The highest BCUT2D eigenvalue weighted by molar-refractivity contribution is 5.89. The van der Waals surface area contributed by atoms with E-state index in [0.29, 0.717) is 55.4 Å². The first-order valence-corrected chi connectivity index (χ1v) is 12.5. The number of rotatable bonds is 6. The molecule has 0 aromatic carbocycles. The lowest BCUT2D eigenvalue weighted by Crippen LogP contribution is -2.49. The molecule has 188 valence electrons. The number of hydrogen-bond acceptors (Lipinski definition) is 6. The summed E-state index contributed by atoms with van der Waals surface area (Å²) in [4.78, 5) is 17.9. The molecule has 0 radical (unpaired) electrons. The number of ketones is 1. The quantitative estimate of drug-likeness (QED) is 0.643. The van der Waals surface area contributed by atoms with E-state index in [-0.39, 0.29) is 23.2 Å². The number of halogens is 3. The largest absolute Gasteiger partial charge is 0.417 e. The molecule has 2 aliphatic heterocycles. The van der Waals surface area contributed by atoms with Crippen LogP contribution in [0.25, 0.3) is 0 Å². The summed E-state index contributed by atoms with van der Waals surface area (Å²) in [5, 5.41) is 6.97. The number of carbonyl (C=O) groups excluding carboxylic acids is 1. The van der Waals surface area contributed by atoms with Crippen LogP contribution in [0.1, 0.15) is 49.7 Å². The van der Waals surface area contributed by atoms with Gasteiger partial charge in [-0.05, 0) is 56.1 Å². The number of nitrogens with one attached hydrogen (secondary N) is 2. The van der Waals surface area contributed by atoms with Crippen LogP contribution in [-0.2, 0) is 26.9 Å². The summed E-state index contributed by atoms with van der Waals surface area (Å²) in [7, 11) is 1.71. The summed E-state index contributed by atoms with van der Waals surface area (Å²) in [6.07, 6.45) is 2.46. The minimum absolute atomic E-state index is 0.232. The molecule has 1 unspecified atom stereocenters. The topological polar surface area (TPSA) is 72.5 Å². The number of anilines is 1. The van der Waals surface area contributed by atoms with Gasteiger partial charge in [-0.15, -0.1) is 0 Å². The molecule has 1 saturated heterocycles. The van der Waals surface area contributed by atoms with E-state index in [1.165, 1.54) is 0 Å². The van der Waals surface area contributed by atoms with Gasteiger partial charge < -0.3 is 20.1 Å². The van der Waals surface area contributed by atoms with Gasteiger partial charge in [0.15, 0.2) is 0 Å². The lowest BCUT2D eigenvalue weighted by Gasteiger charge is -2.36. The Hall–Kier alpha value is -1.71. The molecule has 34 heavy (non-hydrogen) atoms. The van der Waals surface area contributed by atoms with Crippen molar-refractivity contribution in [2.45, 2.75) is 63.2 Å². The van der Waals surface area contributed by atoms with Crippen molar-refractivity contribution in [1.82, 2.24) is 10.3 Å². The standard InChI is InChI=1S/C25H34F3N3O3/c1-33-13-17-14-34-6-4-21(17)31-20-9-18-3-2-5-24(18,10-20)22(32)16-7-15-8-19(25(26,27)28)12-30-23(15)29-11-16/h8,12,16-18,20-21,31H,2-7,9-11,13-14H2,1H3,(H,29,30)/t16?,17-,18-,20-,21+,24-/m1/s1. The SMILES string of the molecule is COC[C@@H]1COCC[C@@H]1N[C@@H]1C[C@H]2CCC[C@@]2(C(=O)C2CNc3ncc(C(F)(F)F)cc3C2)C1. The van der Waals surface area contributed by atoms with Crippen molar-refractivity contribution >= 4 is 11.6 Å². The lowest BCUT2D eigenvalue weighted by atomic mass is 9.70. The highest BCUT2D eigenvalue weighted by Gasteiger charge is 2.56. The molecular weight excluding hydrogens is 447 g/mol. The Morgan fingerprint density at radius 2 is 2.24 bits per heavy atom. The van der Waals surface area contributed by atoms with Crippen LogP contribution in [0.4, 0.5) is 19.0 Å². The Morgan fingerprint density at radius 3 is 3.03 bits per heavy atom. The van der Waals surface area contributed by atoms with E-state index in [2.05, 4.69) is 15.6 Å². The molecule has 0 amide bonds. The average Bonchev–Trinajstić information content (AvgIpc) is 3.36. The average molecular weight is 482 g/mol. The predicted octanol–water partition coefficient (Wildman–Crippen LogP) is 3.84. The summed E-state index contributed by atoms with van der Waals surface area (Å²) in [5.74, 6) is 1.03. The number of Topliss-reactive ketones (excluding diaryl/α,β-unsaturated/α-hetero) is 1. The summed E-state index contributed by atoms with van der Waals surface area (Å²) < 4.78 is 50.6. The second kappa shape index (κ2) is 9.39. The van der Waals surface area contributed by atoms with Crippen LogP contribution in [-0.4, -0.2) is 56.3 Å². The molecule has 4 aliphatic rings. The minimum Gasteiger partial charge on any atom is -0.384 e. The van der Waals surface area contributed by atoms with Gasteiger partial charge in [0.25, 0.3) is 0 Å².